The van der Waals surface area contributed by atoms with Crippen LogP contribution in [0.25, 0.3) is 11.4 Å². The van der Waals surface area contributed by atoms with Gasteiger partial charge in [0.2, 0.25) is 11.7 Å². The van der Waals surface area contributed by atoms with Crippen molar-refractivity contribution in [3.63, 3.8) is 0 Å². The van der Waals surface area contributed by atoms with Gasteiger partial charge in [0.25, 0.3) is 0 Å². The van der Waals surface area contributed by atoms with Crippen molar-refractivity contribution < 1.29 is 14.0 Å². The van der Waals surface area contributed by atoms with E-state index in [1.165, 1.54) is 38.2 Å². The zero-order valence-electron chi connectivity index (χ0n) is 15.2. The minimum atomic E-state index is -0.365. The van der Waals surface area contributed by atoms with Gasteiger partial charge in [-0.25, -0.2) is 4.39 Å². The summed E-state index contributed by atoms with van der Waals surface area (Å²) in [6, 6.07) is 4.90. The highest BCUT2D eigenvalue weighted by molar-refractivity contribution is 5.55. The van der Waals surface area contributed by atoms with Crippen LogP contribution >= 0.6 is 0 Å². The summed E-state index contributed by atoms with van der Waals surface area (Å²) >= 11 is 0. The van der Waals surface area contributed by atoms with Crippen LogP contribution in [-0.4, -0.2) is 39.3 Å². The van der Waals surface area contributed by atoms with Crippen molar-refractivity contribution >= 4 is 0 Å². The molecule has 1 aromatic carbocycles. The fraction of sp³-hybridized carbons (Fsp3) is 0.600. The number of likely N-dealkylation sites (tertiary alicyclic amines) is 1. The predicted octanol–water partition coefficient (Wildman–Crippen LogP) is 3.87. The average Bonchev–Trinajstić information content (AvgIpc) is 3.25. The average molecular weight is 359 g/mol. The third-order valence-corrected chi connectivity index (χ3v) is 5.76. The SMILES string of the molecule is Cc1ccc(-c2noc([C@H]3C[C@@H](O)CN3CC3CCCCC3)n2)cc1F. The lowest BCUT2D eigenvalue weighted by molar-refractivity contribution is 0.147. The molecule has 5 nitrogen and oxygen atoms in total. The van der Waals surface area contributed by atoms with E-state index in [0.717, 1.165) is 6.54 Å². The summed E-state index contributed by atoms with van der Waals surface area (Å²) in [4.78, 5) is 6.80. The molecule has 0 spiro atoms. The Morgan fingerprint density at radius 1 is 1.27 bits per heavy atom. The lowest BCUT2D eigenvalue weighted by Gasteiger charge is -2.29. The fourth-order valence-electron chi connectivity index (χ4n) is 4.26. The molecule has 6 heteroatoms. The molecule has 140 valence electrons. The Morgan fingerprint density at radius 3 is 2.85 bits per heavy atom. The molecule has 0 unspecified atom stereocenters. The highest BCUT2D eigenvalue weighted by Crippen LogP contribution is 2.35. The Hall–Kier alpha value is -1.79. The quantitative estimate of drug-likeness (QED) is 0.898. The van der Waals surface area contributed by atoms with E-state index in [2.05, 4.69) is 15.0 Å². The zero-order chi connectivity index (χ0) is 18.1. The minimum absolute atomic E-state index is 0.0523. The first-order valence-corrected chi connectivity index (χ1v) is 9.62. The first-order valence-electron chi connectivity index (χ1n) is 9.62. The monoisotopic (exact) mass is 359 g/mol. The maximum absolute atomic E-state index is 13.8. The number of hydrogen-bond donors (Lipinski definition) is 1. The largest absolute Gasteiger partial charge is 0.392 e. The second-order valence-electron chi connectivity index (χ2n) is 7.78. The number of aryl methyl sites for hydroxylation is 1. The normalized spacial score (nSPS) is 25.0. The van der Waals surface area contributed by atoms with Crippen LogP contribution in [0.5, 0.6) is 0 Å². The first-order chi connectivity index (χ1) is 12.6. The maximum atomic E-state index is 13.8. The molecule has 2 fully saturated rings. The summed E-state index contributed by atoms with van der Waals surface area (Å²) in [5.74, 6) is 1.33. The van der Waals surface area contributed by atoms with E-state index in [1.807, 2.05) is 0 Å². The number of nitrogens with zero attached hydrogens (tertiary/aromatic N) is 3. The van der Waals surface area contributed by atoms with Crippen LogP contribution in [-0.2, 0) is 0 Å². The third-order valence-electron chi connectivity index (χ3n) is 5.76. The molecule has 1 saturated heterocycles. The highest BCUT2D eigenvalue weighted by Gasteiger charge is 2.37. The molecule has 2 aliphatic rings. The van der Waals surface area contributed by atoms with Crippen molar-refractivity contribution in [2.45, 2.75) is 57.6 Å². The molecule has 1 saturated carbocycles. The highest BCUT2D eigenvalue weighted by atomic mass is 19.1. The standard InChI is InChI=1S/C20H26FN3O2/c1-13-7-8-15(9-17(13)21)19-22-20(26-23-19)18-10-16(25)12-24(18)11-14-5-3-2-4-6-14/h7-9,14,16,18,25H,2-6,10-12H2,1H3/t16-,18-/m1/s1. The predicted molar refractivity (Wildman–Crippen MR) is 95.9 cm³/mol. The van der Waals surface area contributed by atoms with Gasteiger partial charge < -0.3 is 9.63 Å². The van der Waals surface area contributed by atoms with Crippen LogP contribution in [0.2, 0.25) is 0 Å². The second kappa shape index (κ2) is 7.45. The minimum Gasteiger partial charge on any atom is -0.392 e. The van der Waals surface area contributed by atoms with Gasteiger partial charge in [-0.2, -0.15) is 4.98 Å². The molecule has 1 N–H and O–H groups in total. The fourth-order valence-corrected chi connectivity index (χ4v) is 4.26. The molecule has 0 amide bonds. The van der Waals surface area contributed by atoms with Crippen molar-refractivity contribution in [2.24, 2.45) is 5.92 Å². The molecule has 1 aliphatic carbocycles. The van der Waals surface area contributed by atoms with Crippen LogP contribution < -0.4 is 0 Å². The van der Waals surface area contributed by atoms with Crippen LogP contribution in [0.4, 0.5) is 4.39 Å². The van der Waals surface area contributed by atoms with E-state index in [4.69, 9.17) is 4.52 Å². The molecular formula is C20H26FN3O2. The van der Waals surface area contributed by atoms with Crippen molar-refractivity contribution in [3.05, 3.63) is 35.5 Å². The molecule has 0 bridgehead atoms. The van der Waals surface area contributed by atoms with Crippen molar-refractivity contribution in [1.29, 1.82) is 0 Å². The summed E-state index contributed by atoms with van der Waals surface area (Å²) in [6.45, 7) is 3.35. The summed E-state index contributed by atoms with van der Waals surface area (Å²) in [5, 5.41) is 14.2. The van der Waals surface area contributed by atoms with Crippen LogP contribution in [0.1, 0.15) is 56.0 Å². The Bertz CT molecular complexity index is 757. The van der Waals surface area contributed by atoms with Crippen LogP contribution in [0, 0.1) is 18.7 Å². The van der Waals surface area contributed by atoms with Gasteiger partial charge in [0.15, 0.2) is 0 Å². The molecule has 2 aromatic rings. The summed E-state index contributed by atoms with van der Waals surface area (Å²) in [6.07, 6.45) is 6.70. The molecule has 1 aromatic heterocycles. The lowest BCUT2D eigenvalue weighted by Crippen LogP contribution is -2.31. The Morgan fingerprint density at radius 2 is 2.08 bits per heavy atom. The van der Waals surface area contributed by atoms with Gasteiger partial charge in [0, 0.05) is 18.7 Å². The number of rotatable bonds is 4. The van der Waals surface area contributed by atoms with Gasteiger partial charge >= 0.3 is 0 Å². The molecule has 4 rings (SSSR count). The Labute approximate surface area is 153 Å². The van der Waals surface area contributed by atoms with E-state index in [1.54, 1.807) is 19.1 Å². The molecule has 2 atom stereocenters. The molecular weight excluding hydrogens is 333 g/mol. The van der Waals surface area contributed by atoms with Crippen molar-refractivity contribution in [2.75, 3.05) is 13.1 Å². The Kier molecular flexibility index (Phi) is 5.05. The van der Waals surface area contributed by atoms with E-state index < -0.39 is 0 Å². The number of β-amino-alcohol motifs (C(OH)–C–C–N with tert-alkyl or cyclic N) is 1. The number of benzene rings is 1. The summed E-state index contributed by atoms with van der Waals surface area (Å²) in [7, 11) is 0. The first kappa shape index (κ1) is 17.6. The summed E-state index contributed by atoms with van der Waals surface area (Å²) < 4.78 is 19.3. The van der Waals surface area contributed by atoms with Gasteiger partial charge in [-0.1, -0.05) is 36.6 Å². The maximum Gasteiger partial charge on any atom is 0.244 e. The van der Waals surface area contributed by atoms with Gasteiger partial charge in [0.1, 0.15) is 5.82 Å². The van der Waals surface area contributed by atoms with E-state index in [-0.39, 0.29) is 18.0 Å². The van der Waals surface area contributed by atoms with E-state index in [0.29, 0.717) is 41.7 Å². The van der Waals surface area contributed by atoms with Crippen LogP contribution in [0.3, 0.4) is 0 Å². The Balaban J connectivity index is 1.51. The number of aliphatic hydroxyl groups excluding tert-OH is 1. The number of halogens is 1. The van der Waals surface area contributed by atoms with E-state index in [9.17, 15) is 9.50 Å². The van der Waals surface area contributed by atoms with Crippen molar-refractivity contribution in [1.82, 2.24) is 15.0 Å². The molecule has 26 heavy (non-hydrogen) atoms. The molecule has 1 aliphatic heterocycles. The third kappa shape index (κ3) is 3.67. The van der Waals surface area contributed by atoms with E-state index >= 15 is 0 Å². The van der Waals surface area contributed by atoms with Gasteiger partial charge in [-0.05, 0) is 43.7 Å². The zero-order valence-corrected chi connectivity index (χ0v) is 15.2. The summed E-state index contributed by atoms with van der Waals surface area (Å²) in [5.41, 5.74) is 1.20. The topological polar surface area (TPSA) is 62.4 Å². The van der Waals surface area contributed by atoms with Crippen molar-refractivity contribution in [3.8, 4) is 11.4 Å². The van der Waals surface area contributed by atoms with Gasteiger partial charge in [0.05, 0.1) is 12.1 Å². The molecule has 2 heterocycles. The second-order valence-corrected chi connectivity index (χ2v) is 7.78. The van der Waals surface area contributed by atoms with Crippen LogP contribution in [0.15, 0.2) is 22.7 Å². The number of aliphatic hydroxyl groups is 1. The van der Waals surface area contributed by atoms with Gasteiger partial charge in [-0.3, -0.25) is 4.90 Å². The van der Waals surface area contributed by atoms with Gasteiger partial charge in [-0.15, -0.1) is 0 Å². The molecule has 0 radical (unpaired) electrons. The number of hydrogen-bond acceptors (Lipinski definition) is 5. The number of aromatic nitrogens is 2. The smallest absolute Gasteiger partial charge is 0.244 e. The lowest BCUT2D eigenvalue weighted by atomic mass is 9.89.